The van der Waals surface area contributed by atoms with Gasteiger partial charge in [0.1, 0.15) is 0 Å². The van der Waals surface area contributed by atoms with Crippen molar-refractivity contribution in [2.24, 2.45) is 0 Å². The summed E-state index contributed by atoms with van der Waals surface area (Å²) < 4.78 is 0. The number of hydrogen-bond donors (Lipinski definition) is 1. The summed E-state index contributed by atoms with van der Waals surface area (Å²) in [6.45, 7) is 3.25. The third kappa shape index (κ3) is 3.34. The Morgan fingerprint density at radius 2 is 2.24 bits per heavy atom. The zero-order valence-electron chi connectivity index (χ0n) is 12.0. The molecule has 2 aromatic rings. The van der Waals surface area contributed by atoms with Gasteiger partial charge in [0.05, 0.1) is 5.60 Å². The number of halogens is 1. The number of aromatic nitrogens is 2. The van der Waals surface area contributed by atoms with Crippen LogP contribution in [0.5, 0.6) is 0 Å². The van der Waals surface area contributed by atoms with Gasteiger partial charge in [0.2, 0.25) is 5.95 Å². The molecule has 1 aromatic carbocycles. The van der Waals surface area contributed by atoms with Crippen LogP contribution in [0.2, 0.25) is 5.02 Å². The predicted octanol–water partition coefficient (Wildman–Crippen LogP) is 2.62. The highest BCUT2D eigenvalue weighted by molar-refractivity contribution is 6.30. The Bertz CT molecular complexity index is 649. The number of β-amino-alcohol motifs (C(OH)–C–C–N with tert-alkyl or cyclic N) is 1. The molecule has 21 heavy (non-hydrogen) atoms. The summed E-state index contributed by atoms with van der Waals surface area (Å²) in [5.41, 5.74) is 1.24. The molecule has 0 bridgehead atoms. The lowest BCUT2D eigenvalue weighted by molar-refractivity contribution is 0.0636. The number of hydrogen-bond acceptors (Lipinski definition) is 4. The second kappa shape index (κ2) is 5.62. The van der Waals surface area contributed by atoms with E-state index in [0.717, 1.165) is 17.8 Å². The average molecular weight is 304 g/mol. The van der Waals surface area contributed by atoms with Crippen LogP contribution < -0.4 is 4.90 Å². The Balaban J connectivity index is 1.73. The zero-order valence-corrected chi connectivity index (χ0v) is 12.7. The van der Waals surface area contributed by atoms with Gasteiger partial charge < -0.3 is 10.0 Å². The average Bonchev–Trinajstić information content (AvgIpc) is 2.81. The second-order valence-corrected chi connectivity index (χ2v) is 6.14. The van der Waals surface area contributed by atoms with Crippen LogP contribution >= 0.6 is 11.6 Å². The standard InChI is InChI=1S/C16H18ClN3O/c1-12-5-7-18-15(19-12)20-8-6-16(21,11-20)10-13-3-2-4-14(17)9-13/h2-5,7,9,21H,6,8,10-11H2,1H3/t16-/m0/s1. The van der Waals surface area contributed by atoms with Crippen LogP contribution in [0.25, 0.3) is 0 Å². The first-order valence-electron chi connectivity index (χ1n) is 7.06. The van der Waals surface area contributed by atoms with E-state index in [0.29, 0.717) is 30.4 Å². The maximum Gasteiger partial charge on any atom is 0.225 e. The molecule has 4 nitrogen and oxygen atoms in total. The van der Waals surface area contributed by atoms with Gasteiger partial charge in [-0.15, -0.1) is 0 Å². The second-order valence-electron chi connectivity index (χ2n) is 5.70. The van der Waals surface area contributed by atoms with E-state index < -0.39 is 5.60 Å². The van der Waals surface area contributed by atoms with Crippen LogP contribution in [0.4, 0.5) is 5.95 Å². The lowest BCUT2D eigenvalue weighted by Gasteiger charge is -2.23. The summed E-state index contributed by atoms with van der Waals surface area (Å²) in [6.07, 6.45) is 3.05. The van der Waals surface area contributed by atoms with Crippen LogP contribution in [0, 0.1) is 6.92 Å². The van der Waals surface area contributed by atoms with E-state index in [-0.39, 0.29) is 0 Å². The monoisotopic (exact) mass is 303 g/mol. The van der Waals surface area contributed by atoms with E-state index in [9.17, 15) is 5.11 Å². The van der Waals surface area contributed by atoms with E-state index in [2.05, 4.69) is 9.97 Å². The van der Waals surface area contributed by atoms with Crippen molar-refractivity contribution in [3.63, 3.8) is 0 Å². The van der Waals surface area contributed by atoms with Gasteiger partial charge in [-0.05, 0) is 37.1 Å². The number of nitrogens with zero attached hydrogens (tertiary/aromatic N) is 3. The van der Waals surface area contributed by atoms with Crippen molar-refractivity contribution in [1.82, 2.24) is 9.97 Å². The van der Waals surface area contributed by atoms with Crippen LogP contribution in [-0.2, 0) is 6.42 Å². The molecule has 0 unspecified atom stereocenters. The van der Waals surface area contributed by atoms with E-state index >= 15 is 0 Å². The van der Waals surface area contributed by atoms with E-state index in [1.165, 1.54) is 0 Å². The molecule has 1 aliphatic rings. The molecule has 1 fully saturated rings. The van der Waals surface area contributed by atoms with Crippen molar-refractivity contribution in [3.8, 4) is 0 Å². The third-order valence-electron chi connectivity index (χ3n) is 3.82. The van der Waals surface area contributed by atoms with Gasteiger partial charge in [0.15, 0.2) is 0 Å². The molecule has 1 aliphatic heterocycles. The Kier molecular flexibility index (Phi) is 3.83. The zero-order chi connectivity index (χ0) is 14.9. The highest BCUT2D eigenvalue weighted by atomic mass is 35.5. The molecule has 0 aliphatic carbocycles. The minimum atomic E-state index is -0.752. The smallest absolute Gasteiger partial charge is 0.225 e. The van der Waals surface area contributed by atoms with Crippen LogP contribution in [-0.4, -0.2) is 33.8 Å². The van der Waals surface area contributed by atoms with Gasteiger partial charge in [0, 0.05) is 36.4 Å². The van der Waals surface area contributed by atoms with Crippen LogP contribution in [0.1, 0.15) is 17.7 Å². The normalized spacial score (nSPS) is 21.8. The van der Waals surface area contributed by atoms with Gasteiger partial charge in [0.25, 0.3) is 0 Å². The molecule has 5 heteroatoms. The fourth-order valence-corrected chi connectivity index (χ4v) is 3.00. The fraction of sp³-hybridized carbons (Fsp3) is 0.375. The molecule has 1 aromatic heterocycles. The maximum absolute atomic E-state index is 10.8. The summed E-state index contributed by atoms with van der Waals surface area (Å²) in [5.74, 6) is 0.692. The molecule has 0 saturated carbocycles. The van der Waals surface area contributed by atoms with Crippen molar-refractivity contribution in [2.75, 3.05) is 18.0 Å². The molecule has 0 spiro atoms. The Morgan fingerprint density at radius 1 is 1.38 bits per heavy atom. The third-order valence-corrected chi connectivity index (χ3v) is 4.05. The molecular weight excluding hydrogens is 286 g/mol. The molecule has 0 radical (unpaired) electrons. The Labute approximate surface area is 129 Å². The number of rotatable bonds is 3. The molecule has 0 amide bonds. The van der Waals surface area contributed by atoms with Crippen molar-refractivity contribution in [3.05, 3.63) is 52.8 Å². The molecule has 110 valence electrons. The maximum atomic E-state index is 10.8. The van der Waals surface area contributed by atoms with Gasteiger partial charge in [-0.3, -0.25) is 0 Å². The lowest BCUT2D eigenvalue weighted by Crippen LogP contribution is -2.36. The van der Waals surface area contributed by atoms with Gasteiger partial charge in [-0.2, -0.15) is 0 Å². The first-order chi connectivity index (χ1) is 10.0. The molecule has 1 saturated heterocycles. The minimum Gasteiger partial charge on any atom is -0.388 e. The van der Waals surface area contributed by atoms with E-state index in [1.807, 2.05) is 42.2 Å². The lowest BCUT2D eigenvalue weighted by atomic mass is 9.94. The topological polar surface area (TPSA) is 49.2 Å². The summed E-state index contributed by atoms with van der Waals surface area (Å²) in [7, 11) is 0. The van der Waals surface area contributed by atoms with Crippen molar-refractivity contribution in [1.29, 1.82) is 0 Å². The summed E-state index contributed by atoms with van der Waals surface area (Å²) in [5, 5.41) is 11.5. The molecule has 2 heterocycles. The van der Waals surface area contributed by atoms with Crippen LogP contribution in [0.15, 0.2) is 36.5 Å². The van der Waals surface area contributed by atoms with Crippen molar-refractivity contribution in [2.45, 2.75) is 25.4 Å². The number of benzene rings is 1. The minimum absolute atomic E-state index is 0.545. The Hall–Kier alpha value is -1.65. The predicted molar refractivity (Wildman–Crippen MR) is 83.7 cm³/mol. The van der Waals surface area contributed by atoms with E-state index in [1.54, 1.807) is 6.20 Å². The van der Waals surface area contributed by atoms with Crippen molar-refractivity contribution >= 4 is 17.5 Å². The van der Waals surface area contributed by atoms with Gasteiger partial charge in [-0.1, -0.05) is 23.7 Å². The van der Waals surface area contributed by atoms with Gasteiger partial charge in [-0.25, -0.2) is 9.97 Å². The first kappa shape index (κ1) is 14.3. The largest absolute Gasteiger partial charge is 0.388 e. The summed E-state index contributed by atoms with van der Waals surface area (Å²) in [4.78, 5) is 10.8. The van der Waals surface area contributed by atoms with Gasteiger partial charge >= 0.3 is 0 Å². The number of aryl methyl sites for hydroxylation is 1. The molecule has 1 atom stereocenters. The first-order valence-corrected chi connectivity index (χ1v) is 7.43. The summed E-state index contributed by atoms with van der Waals surface area (Å²) >= 11 is 6.01. The fourth-order valence-electron chi connectivity index (χ4n) is 2.79. The highest BCUT2D eigenvalue weighted by Crippen LogP contribution is 2.28. The molecular formula is C16H18ClN3O. The Morgan fingerprint density at radius 3 is 3.00 bits per heavy atom. The number of aliphatic hydroxyl groups is 1. The quantitative estimate of drug-likeness (QED) is 0.947. The highest BCUT2D eigenvalue weighted by Gasteiger charge is 2.37. The van der Waals surface area contributed by atoms with E-state index in [4.69, 9.17) is 11.6 Å². The molecule has 3 rings (SSSR count). The van der Waals surface area contributed by atoms with Crippen molar-refractivity contribution < 1.29 is 5.11 Å². The molecule has 1 N–H and O–H groups in total. The van der Waals surface area contributed by atoms with Crippen LogP contribution in [0.3, 0.4) is 0 Å². The SMILES string of the molecule is Cc1ccnc(N2CC[C@](O)(Cc3cccc(Cl)c3)C2)n1. The number of anilines is 1. The summed E-state index contributed by atoms with van der Waals surface area (Å²) in [6, 6.07) is 9.53.